The molecule has 2 aromatic heterocycles. The molecule has 194 valence electrons. The van der Waals surface area contributed by atoms with E-state index >= 15 is 0 Å². The average molecular weight is 510 g/mol. The highest BCUT2D eigenvalue weighted by molar-refractivity contribution is 6.21. The number of rotatable bonds is 11. The van der Waals surface area contributed by atoms with Gasteiger partial charge in [-0.05, 0) is 67.5 Å². The molecular formula is C26H28FN5O5. The van der Waals surface area contributed by atoms with Crippen molar-refractivity contribution >= 4 is 46.9 Å². The molecule has 1 aromatic carbocycles. The number of hydrogen-bond donors (Lipinski definition) is 3. The van der Waals surface area contributed by atoms with Crippen molar-refractivity contribution in [2.45, 2.75) is 6.92 Å². The predicted molar refractivity (Wildman–Crippen MR) is 139 cm³/mol. The second-order valence-corrected chi connectivity index (χ2v) is 8.59. The van der Waals surface area contributed by atoms with E-state index in [4.69, 9.17) is 9.15 Å². The van der Waals surface area contributed by atoms with Crippen molar-refractivity contribution in [2.24, 2.45) is 4.99 Å². The molecule has 0 aliphatic carbocycles. The number of pyridine rings is 1. The van der Waals surface area contributed by atoms with Gasteiger partial charge >= 0.3 is 5.97 Å². The van der Waals surface area contributed by atoms with Crippen molar-refractivity contribution < 1.29 is 28.5 Å². The molecule has 3 N–H and O–H groups in total. The van der Waals surface area contributed by atoms with E-state index in [1.807, 2.05) is 38.1 Å². The van der Waals surface area contributed by atoms with Gasteiger partial charge in [0.25, 0.3) is 0 Å². The van der Waals surface area contributed by atoms with E-state index < -0.39 is 5.97 Å². The Kier molecular flexibility index (Phi) is 8.16. The Bertz CT molecular complexity index is 1330. The highest BCUT2D eigenvalue weighted by Gasteiger charge is 2.28. The maximum atomic E-state index is 13.0. The van der Waals surface area contributed by atoms with Gasteiger partial charge in [0.1, 0.15) is 13.2 Å². The second kappa shape index (κ2) is 11.7. The number of carbonyl (C=O) groups excluding carboxylic acids is 1. The first kappa shape index (κ1) is 25.9. The average Bonchev–Trinajstić information content (AvgIpc) is 3.41. The Morgan fingerprint density at radius 2 is 2.11 bits per heavy atom. The van der Waals surface area contributed by atoms with Crippen molar-refractivity contribution in [1.82, 2.24) is 9.88 Å². The fourth-order valence-electron chi connectivity index (χ4n) is 3.66. The first-order valence-electron chi connectivity index (χ1n) is 11.6. The molecule has 10 nitrogen and oxygen atoms in total. The summed E-state index contributed by atoms with van der Waals surface area (Å²) in [6.07, 6.45) is 4.86. The number of likely N-dealkylation sites (N-methyl/N-ethyl adjacent to an activating group) is 1. The van der Waals surface area contributed by atoms with E-state index in [0.29, 0.717) is 30.2 Å². The number of hydrogen-bond acceptors (Lipinski definition) is 10. The van der Waals surface area contributed by atoms with Gasteiger partial charge < -0.3 is 29.8 Å². The zero-order valence-electron chi connectivity index (χ0n) is 20.7. The van der Waals surface area contributed by atoms with Crippen LogP contribution in [0.1, 0.15) is 27.2 Å². The number of esters is 1. The number of benzene rings is 1. The van der Waals surface area contributed by atoms with E-state index in [1.54, 1.807) is 36.7 Å². The Hall–Kier alpha value is -4.22. The molecule has 0 amide bonds. The quantitative estimate of drug-likeness (QED) is 0.249. The lowest BCUT2D eigenvalue weighted by Crippen LogP contribution is -2.20. The number of aromatic hydroxyl groups is 1. The number of fused-ring (bicyclic) bond motifs is 1. The number of aliphatic imine (C=N–C) groups is 1. The summed E-state index contributed by atoms with van der Waals surface area (Å²) in [5.41, 5.74) is 3.56. The maximum Gasteiger partial charge on any atom is 0.347 e. The van der Waals surface area contributed by atoms with Gasteiger partial charge in [-0.15, -0.1) is 0 Å². The number of nitrogens with zero attached hydrogens (tertiary/aromatic N) is 3. The number of furan rings is 1. The molecular weight excluding hydrogens is 481 g/mol. The van der Waals surface area contributed by atoms with Crippen molar-refractivity contribution in [3.63, 3.8) is 0 Å². The van der Waals surface area contributed by atoms with Crippen LogP contribution >= 0.6 is 0 Å². The molecule has 37 heavy (non-hydrogen) atoms. The zero-order chi connectivity index (χ0) is 26.4. The molecule has 1 aliphatic rings. The summed E-state index contributed by atoms with van der Waals surface area (Å²) in [5, 5.41) is 17.1. The van der Waals surface area contributed by atoms with Gasteiger partial charge in [0.15, 0.2) is 22.9 Å². The molecule has 0 saturated heterocycles. The summed E-state index contributed by atoms with van der Waals surface area (Å²) in [6, 6.07) is 9.05. The summed E-state index contributed by atoms with van der Waals surface area (Å²) >= 11 is 0. The summed E-state index contributed by atoms with van der Waals surface area (Å²) in [6.45, 7) is 2.75. The van der Waals surface area contributed by atoms with Gasteiger partial charge in [-0.2, -0.15) is 4.94 Å². The minimum absolute atomic E-state index is 0.0372. The number of carbonyl (C=O) groups is 1. The van der Waals surface area contributed by atoms with E-state index in [2.05, 4.69) is 25.6 Å². The monoisotopic (exact) mass is 509 g/mol. The Balaban J connectivity index is 1.65. The summed E-state index contributed by atoms with van der Waals surface area (Å²) in [5.74, 6) is -0.404. The lowest BCUT2D eigenvalue weighted by atomic mass is 10.1. The molecule has 3 heterocycles. The number of anilines is 3. The number of nitrogens with one attached hydrogen (secondary N) is 2. The van der Waals surface area contributed by atoms with Crippen LogP contribution in [0.15, 0.2) is 45.9 Å². The van der Waals surface area contributed by atoms with Gasteiger partial charge in [0.2, 0.25) is 5.88 Å². The molecule has 4 rings (SSSR count). The smallest absolute Gasteiger partial charge is 0.347 e. The van der Waals surface area contributed by atoms with Crippen LogP contribution in [0.4, 0.5) is 27.6 Å². The fourth-order valence-corrected chi connectivity index (χ4v) is 3.66. The van der Waals surface area contributed by atoms with Crippen LogP contribution in [0.25, 0.3) is 11.6 Å². The molecule has 0 bridgehead atoms. The first-order chi connectivity index (χ1) is 17.9. The van der Waals surface area contributed by atoms with Gasteiger partial charge in [0.05, 0.1) is 0 Å². The van der Waals surface area contributed by atoms with Gasteiger partial charge in [-0.1, -0.05) is 0 Å². The molecule has 0 radical (unpaired) electrons. The summed E-state index contributed by atoms with van der Waals surface area (Å²) in [7, 11) is 3.73. The van der Waals surface area contributed by atoms with Crippen LogP contribution in [-0.2, 0) is 9.68 Å². The molecule has 11 heteroatoms. The number of aryl methyl sites for hydroxylation is 1. The molecule has 0 atom stereocenters. The Labute approximate surface area is 213 Å². The second-order valence-electron chi connectivity index (χ2n) is 8.59. The third kappa shape index (κ3) is 6.13. The fraction of sp³-hybridized carbons (Fsp3) is 0.269. The normalized spacial score (nSPS) is 13.3. The van der Waals surface area contributed by atoms with Crippen molar-refractivity contribution in [3.05, 3.63) is 59.0 Å². The van der Waals surface area contributed by atoms with Crippen LogP contribution in [0.3, 0.4) is 0 Å². The Morgan fingerprint density at radius 3 is 2.86 bits per heavy atom. The van der Waals surface area contributed by atoms with Gasteiger partial charge in [-0.25, -0.2) is 14.8 Å². The molecule has 3 aromatic rings. The third-order valence-electron chi connectivity index (χ3n) is 5.58. The minimum atomic E-state index is -0.723. The van der Waals surface area contributed by atoms with Crippen LogP contribution in [0, 0.1) is 6.92 Å². The third-order valence-corrected chi connectivity index (χ3v) is 5.58. The van der Waals surface area contributed by atoms with E-state index in [0.717, 1.165) is 16.8 Å². The number of allylic oxidation sites excluding steroid dienone is 1. The number of aromatic nitrogens is 1. The van der Waals surface area contributed by atoms with E-state index in [1.165, 1.54) is 0 Å². The number of ether oxygens (including phenoxy) is 1. The lowest BCUT2D eigenvalue weighted by Gasteiger charge is -2.12. The minimum Gasteiger partial charge on any atom is -0.504 e. The summed E-state index contributed by atoms with van der Waals surface area (Å²) in [4.78, 5) is 26.9. The molecule has 0 fully saturated rings. The summed E-state index contributed by atoms with van der Waals surface area (Å²) < 4.78 is 23.2. The molecule has 0 saturated carbocycles. The van der Waals surface area contributed by atoms with Gasteiger partial charge in [-0.3, -0.25) is 0 Å². The predicted octanol–water partition coefficient (Wildman–Crippen LogP) is 4.72. The van der Waals surface area contributed by atoms with Crippen molar-refractivity contribution in [3.8, 4) is 5.75 Å². The standard InChI is InChI=1S/C26H28FN5O5/c1-16-13-18(28-9-11-36-27)6-7-20(16)31-25-22(26(34)35-12-10-32(2)3)23(33)21(37-25)14-17-15-30-24-19(17)5-4-8-29-24/h4-8,13-15,28,31,33H,9-12H2,1-3H3. The SMILES string of the molecule is Cc1cc(NCCOF)ccc1Nc1oc(C=C2C=Nc3ncccc32)c(O)c1C(=O)OCCN(C)C. The topological polar surface area (TPSA) is 121 Å². The molecule has 0 unspecified atom stereocenters. The highest BCUT2D eigenvalue weighted by Crippen LogP contribution is 2.40. The van der Waals surface area contributed by atoms with Crippen LogP contribution in [0.2, 0.25) is 0 Å². The zero-order valence-corrected chi connectivity index (χ0v) is 20.7. The first-order valence-corrected chi connectivity index (χ1v) is 11.6. The highest BCUT2D eigenvalue weighted by atomic mass is 19.3. The molecule has 1 aliphatic heterocycles. The van der Waals surface area contributed by atoms with E-state index in [-0.39, 0.29) is 36.2 Å². The van der Waals surface area contributed by atoms with E-state index in [9.17, 15) is 14.4 Å². The van der Waals surface area contributed by atoms with Crippen LogP contribution in [0.5, 0.6) is 5.75 Å². The largest absolute Gasteiger partial charge is 0.504 e. The van der Waals surface area contributed by atoms with Crippen LogP contribution in [-0.4, -0.2) is 67.6 Å². The van der Waals surface area contributed by atoms with Crippen molar-refractivity contribution in [1.29, 1.82) is 0 Å². The molecule has 0 spiro atoms. The van der Waals surface area contributed by atoms with Crippen LogP contribution < -0.4 is 10.6 Å². The Morgan fingerprint density at radius 1 is 1.27 bits per heavy atom. The van der Waals surface area contributed by atoms with Gasteiger partial charge in [0, 0.05) is 48.0 Å². The number of halogens is 1. The van der Waals surface area contributed by atoms with Crippen molar-refractivity contribution in [2.75, 3.05) is 51.0 Å². The lowest BCUT2D eigenvalue weighted by molar-refractivity contribution is -0.127. The maximum absolute atomic E-state index is 13.0.